The van der Waals surface area contributed by atoms with Crippen molar-refractivity contribution in [2.45, 2.75) is 19.4 Å². The molecule has 2 rings (SSSR count). The van der Waals surface area contributed by atoms with Crippen LogP contribution in [0.1, 0.15) is 22.8 Å². The molecule has 1 amide bonds. The number of nitrogens with one attached hydrogen (secondary N) is 1. The van der Waals surface area contributed by atoms with Gasteiger partial charge in [0.15, 0.2) is 0 Å². The van der Waals surface area contributed by atoms with Gasteiger partial charge in [-0.15, -0.1) is 0 Å². The number of nitro benzene ring substituents is 1. The van der Waals surface area contributed by atoms with Gasteiger partial charge in [-0.05, 0) is 18.9 Å². The first-order valence-corrected chi connectivity index (χ1v) is 4.66. The van der Waals surface area contributed by atoms with Crippen molar-refractivity contribution in [3.63, 3.8) is 0 Å². The Morgan fingerprint density at radius 3 is 2.93 bits per heavy atom. The SMILES string of the molecule is C[C@H]1Cc2ccc([N+](=O)[O-])cc2C(=O)N1. The molecule has 0 spiro atoms. The second kappa shape index (κ2) is 3.34. The molecule has 1 N–H and O–H groups in total. The molecule has 5 nitrogen and oxygen atoms in total. The summed E-state index contributed by atoms with van der Waals surface area (Å²) >= 11 is 0. The average molecular weight is 206 g/mol. The minimum atomic E-state index is -0.494. The molecular weight excluding hydrogens is 196 g/mol. The van der Waals surface area contributed by atoms with Gasteiger partial charge in [-0.25, -0.2) is 0 Å². The van der Waals surface area contributed by atoms with Crippen molar-refractivity contribution in [2.24, 2.45) is 0 Å². The average Bonchev–Trinajstić information content (AvgIpc) is 2.16. The zero-order valence-electron chi connectivity index (χ0n) is 8.19. The lowest BCUT2D eigenvalue weighted by molar-refractivity contribution is -0.384. The van der Waals surface area contributed by atoms with E-state index in [1.165, 1.54) is 12.1 Å². The van der Waals surface area contributed by atoms with Crippen molar-refractivity contribution in [2.75, 3.05) is 0 Å². The normalized spacial score (nSPS) is 19.3. The lowest BCUT2D eigenvalue weighted by atomic mass is 9.95. The van der Waals surface area contributed by atoms with Crippen LogP contribution in [0.2, 0.25) is 0 Å². The Bertz CT molecular complexity index is 442. The Balaban J connectivity index is 2.48. The molecule has 0 aromatic heterocycles. The highest BCUT2D eigenvalue weighted by Gasteiger charge is 2.23. The van der Waals surface area contributed by atoms with Gasteiger partial charge in [0.05, 0.1) is 4.92 Å². The van der Waals surface area contributed by atoms with E-state index in [0.29, 0.717) is 5.56 Å². The number of hydrogen-bond acceptors (Lipinski definition) is 3. The number of carbonyl (C=O) groups excluding carboxylic acids is 1. The van der Waals surface area contributed by atoms with Gasteiger partial charge in [0, 0.05) is 23.7 Å². The summed E-state index contributed by atoms with van der Waals surface area (Å²) in [6.45, 7) is 1.91. The zero-order valence-corrected chi connectivity index (χ0v) is 8.19. The predicted molar refractivity (Wildman–Crippen MR) is 53.7 cm³/mol. The Morgan fingerprint density at radius 1 is 1.53 bits per heavy atom. The predicted octanol–water partition coefficient (Wildman–Crippen LogP) is 1.27. The van der Waals surface area contributed by atoms with Crippen LogP contribution >= 0.6 is 0 Å². The molecule has 1 aliphatic rings. The van der Waals surface area contributed by atoms with E-state index in [4.69, 9.17) is 0 Å². The molecule has 0 aliphatic carbocycles. The minimum Gasteiger partial charge on any atom is -0.349 e. The fraction of sp³-hybridized carbons (Fsp3) is 0.300. The van der Waals surface area contributed by atoms with Crippen LogP contribution in [0.5, 0.6) is 0 Å². The van der Waals surface area contributed by atoms with Crippen LogP contribution in [-0.4, -0.2) is 16.9 Å². The largest absolute Gasteiger partial charge is 0.349 e. The molecule has 1 heterocycles. The van der Waals surface area contributed by atoms with Gasteiger partial charge >= 0.3 is 0 Å². The maximum Gasteiger partial charge on any atom is 0.270 e. The second-order valence-corrected chi connectivity index (χ2v) is 3.68. The summed E-state index contributed by atoms with van der Waals surface area (Å²) in [5.41, 5.74) is 1.25. The molecule has 0 fully saturated rings. The van der Waals surface area contributed by atoms with Crippen molar-refractivity contribution in [1.29, 1.82) is 0 Å². The van der Waals surface area contributed by atoms with Crippen LogP contribution in [0.15, 0.2) is 18.2 Å². The fourth-order valence-electron chi connectivity index (χ4n) is 1.75. The van der Waals surface area contributed by atoms with Gasteiger partial charge in [0.2, 0.25) is 0 Å². The highest BCUT2D eigenvalue weighted by molar-refractivity contribution is 5.97. The first kappa shape index (κ1) is 9.64. The van der Waals surface area contributed by atoms with Gasteiger partial charge in [0.1, 0.15) is 0 Å². The molecule has 0 saturated carbocycles. The van der Waals surface area contributed by atoms with E-state index in [-0.39, 0.29) is 17.6 Å². The van der Waals surface area contributed by atoms with Crippen molar-refractivity contribution in [3.8, 4) is 0 Å². The maximum atomic E-state index is 11.5. The van der Waals surface area contributed by atoms with E-state index in [1.54, 1.807) is 6.07 Å². The minimum absolute atomic E-state index is 0.0431. The molecule has 1 aliphatic heterocycles. The van der Waals surface area contributed by atoms with E-state index in [0.717, 1.165) is 12.0 Å². The third-order valence-corrected chi connectivity index (χ3v) is 2.45. The van der Waals surface area contributed by atoms with Crippen LogP contribution in [0, 0.1) is 10.1 Å². The first-order chi connectivity index (χ1) is 7.08. The van der Waals surface area contributed by atoms with Crippen molar-refractivity contribution < 1.29 is 9.72 Å². The number of hydrogen-bond donors (Lipinski definition) is 1. The molecule has 0 saturated heterocycles. The van der Waals surface area contributed by atoms with E-state index in [9.17, 15) is 14.9 Å². The zero-order chi connectivity index (χ0) is 11.0. The molecule has 1 aromatic rings. The van der Waals surface area contributed by atoms with Crippen LogP contribution < -0.4 is 5.32 Å². The topological polar surface area (TPSA) is 72.2 Å². The van der Waals surface area contributed by atoms with Gasteiger partial charge in [-0.2, -0.15) is 0 Å². The molecule has 1 atom stereocenters. The van der Waals surface area contributed by atoms with Crippen molar-refractivity contribution in [3.05, 3.63) is 39.4 Å². The number of amides is 1. The standard InChI is InChI=1S/C10H10N2O3/c1-6-4-7-2-3-8(12(14)15)5-9(7)10(13)11-6/h2-3,5-6H,4H2,1H3,(H,11,13)/t6-/m0/s1. The summed E-state index contributed by atoms with van der Waals surface area (Å²) in [7, 11) is 0. The van der Waals surface area contributed by atoms with Gasteiger partial charge < -0.3 is 5.32 Å². The first-order valence-electron chi connectivity index (χ1n) is 4.66. The van der Waals surface area contributed by atoms with E-state index in [1.807, 2.05) is 6.92 Å². The Kier molecular flexibility index (Phi) is 2.15. The number of benzene rings is 1. The number of nitrogens with zero attached hydrogens (tertiary/aromatic N) is 1. The molecular formula is C10H10N2O3. The van der Waals surface area contributed by atoms with Crippen LogP contribution in [-0.2, 0) is 6.42 Å². The number of rotatable bonds is 1. The Labute approximate surface area is 86.2 Å². The van der Waals surface area contributed by atoms with Gasteiger partial charge in [-0.1, -0.05) is 6.07 Å². The maximum absolute atomic E-state index is 11.5. The van der Waals surface area contributed by atoms with Crippen LogP contribution in [0.3, 0.4) is 0 Å². The Hall–Kier alpha value is -1.91. The van der Waals surface area contributed by atoms with Gasteiger partial charge in [0.25, 0.3) is 11.6 Å². The lowest BCUT2D eigenvalue weighted by Crippen LogP contribution is -2.39. The summed E-state index contributed by atoms with van der Waals surface area (Å²) in [6, 6.07) is 4.51. The number of fused-ring (bicyclic) bond motifs is 1. The summed E-state index contributed by atoms with van der Waals surface area (Å²) < 4.78 is 0. The molecule has 0 radical (unpaired) electrons. The van der Waals surface area contributed by atoms with Crippen molar-refractivity contribution >= 4 is 11.6 Å². The summed E-state index contributed by atoms with van der Waals surface area (Å²) in [5, 5.41) is 13.3. The molecule has 1 aromatic carbocycles. The molecule has 0 unspecified atom stereocenters. The van der Waals surface area contributed by atoms with Crippen LogP contribution in [0.4, 0.5) is 5.69 Å². The summed E-state index contributed by atoms with van der Waals surface area (Å²) in [6.07, 6.45) is 0.721. The highest BCUT2D eigenvalue weighted by Crippen LogP contribution is 2.22. The van der Waals surface area contributed by atoms with E-state index < -0.39 is 4.92 Å². The molecule has 78 valence electrons. The summed E-state index contributed by atoms with van der Waals surface area (Å²) in [5.74, 6) is -0.229. The van der Waals surface area contributed by atoms with E-state index in [2.05, 4.69) is 5.32 Å². The number of carbonyl (C=O) groups is 1. The third kappa shape index (κ3) is 1.68. The third-order valence-electron chi connectivity index (χ3n) is 2.45. The second-order valence-electron chi connectivity index (χ2n) is 3.68. The molecule has 5 heteroatoms. The lowest BCUT2D eigenvalue weighted by Gasteiger charge is -2.21. The Morgan fingerprint density at radius 2 is 2.27 bits per heavy atom. The quantitative estimate of drug-likeness (QED) is 0.555. The summed E-state index contributed by atoms with van der Waals surface area (Å²) in [4.78, 5) is 21.6. The fourth-order valence-corrected chi connectivity index (χ4v) is 1.75. The van der Waals surface area contributed by atoms with E-state index >= 15 is 0 Å². The van der Waals surface area contributed by atoms with Crippen LogP contribution in [0.25, 0.3) is 0 Å². The monoisotopic (exact) mass is 206 g/mol. The number of nitro groups is 1. The van der Waals surface area contributed by atoms with Gasteiger partial charge in [-0.3, -0.25) is 14.9 Å². The smallest absolute Gasteiger partial charge is 0.270 e. The molecule has 0 bridgehead atoms. The highest BCUT2D eigenvalue weighted by atomic mass is 16.6. The molecule has 15 heavy (non-hydrogen) atoms. The van der Waals surface area contributed by atoms with Crippen molar-refractivity contribution in [1.82, 2.24) is 5.32 Å². The number of non-ortho nitro benzene ring substituents is 1.